The molecular weight excluding hydrogens is 510 g/mol. The highest BCUT2D eigenvalue weighted by Gasteiger charge is 2.58. The number of halogens is 1. The maximum atomic E-state index is 14.1. The maximum Gasteiger partial charge on any atom is 0.324 e. The van der Waals surface area contributed by atoms with Crippen LogP contribution >= 0.6 is 15.9 Å². The lowest BCUT2D eigenvalue weighted by Crippen LogP contribution is -2.52. The molecule has 0 bridgehead atoms. The second kappa shape index (κ2) is 9.46. The predicted molar refractivity (Wildman–Crippen MR) is 133 cm³/mol. The highest BCUT2D eigenvalue weighted by molar-refractivity contribution is 9.10. The molecule has 0 amide bonds. The number of ketones is 1. The van der Waals surface area contributed by atoms with Crippen LogP contribution in [0.2, 0.25) is 0 Å². The fraction of sp³-hybridized carbons (Fsp3) is 0.185. The molecule has 0 N–H and O–H groups in total. The summed E-state index contributed by atoms with van der Waals surface area (Å²) in [5, 5.41) is 8.74. The van der Waals surface area contributed by atoms with Crippen LogP contribution in [0, 0.1) is 5.41 Å². The van der Waals surface area contributed by atoms with Gasteiger partial charge in [0.2, 0.25) is 0 Å². The third kappa shape index (κ3) is 4.04. The van der Waals surface area contributed by atoms with Gasteiger partial charge in [0.05, 0.1) is 35.7 Å². The van der Waals surface area contributed by atoms with E-state index in [1.54, 1.807) is 42.1 Å². The van der Waals surface area contributed by atoms with Gasteiger partial charge in [-0.05, 0) is 48.9 Å². The lowest BCUT2D eigenvalue weighted by molar-refractivity contribution is -0.155. The first kappa shape index (κ1) is 23.0. The molecule has 1 aliphatic rings. The molecule has 8 heteroatoms. The van der Waals surface area contributed by atoms with Gasteiger partial charge >= 0.3 is 5.97 Å². The first-order valence-electron chi connectivity index (χ1n) is 11.2. The number of esters is 1. The van der Waals surface area contributed by atoms with Crippen molar-refractivity contribution in [3.63, 3.8) is 0 Å². The number of carbonyl (C=O) groups is 2. The van der Waals surface area contributed by atoms with Gasteiger partial charge in [-0.25, -0.2) is 4.68 Å². The summed E-state index contributed by atoms with van der Waals surface area (Å²) >= 11 is 3.44. The summed E-state index contributed by atoms with van der Waals surface area (Å²) < 4.78 is 14.1. The van der Waals surface area contributed by atoms with Crippen LogP contribution in [0.1, 0.15) is 34.5 Å². The van der Waals surface area contributed by atoms with Gasteiger partial charge in [-0.15, -0.1) is 5.10 Å². The molecule has 5 rings (SSSR count). The average molecular weight is 532 g/mol. The summed E-state index contributed by atoms with van der Waals surface area (Å²) in [7, 11) is 0. The lowest BCUT2D eigenvalue weighted by Gasteiger charge is -2.39. The molecule has 2 atom stereocenters. The number of fused-ring (bicyclic) bond motifs is 1. The normalized spacial score (nSPS) is 17.8. The molecule has 35 heavy (non-hydrogen) atoms. The molecule has 0 saturated heterocycles. The van der Waals surface area contributed by atoms with Gasteiger partial charge < -0.3 is 9.47 Å². The number of aromatic nitrogens is 3. The number of Topliss-reactive ketones (excluding diaryl/α,β-unsaturated/α-hetero) is 1. The molecule has 0 aliphatic carbocycles. The van der Waals surface area contributed by atoms with Crippen LogP contribution in [-0.2, 0) is 9.53 Å². The SMILES string of the molecule is CCOC(=O)[C@]1([C@@H](c2ccccc2)c2cn(-c3ccc(Br)cc3)nn2)COc2ccccc2C1=O. The molecule has 0 spiro atoms. The second-order valence-corrected chi connectivity index (χ2v) is 9.13. The zero-order valence-corrected chi connectivity index (χ0v) is 20.5. The monoisotopic (exact) mass is 531 g/mol. The van der Waals surface area contributed by atoms with E-state index in [0.717, 1.165) is 15.7 Å². The summed E-state index contributed by atoms with van der Waals surface area (Å²) in [6.45, 7) is 1.67. The van der Waals surface area contributed by atoms with Crippen LogP contribution in [0.15, 0.2) is 89.5 Å². The first-order chi connectivity index (χ1) is 17.0. The van der Waals surface area contributed by atoms with E-state index in [4.69, 9.17) is 9.47 Å². The van der Waals surface area contributed by atoms with E-state index >= 15 is 0 Å². The van der Waals surface area contributed by atoms with Crippen LogP contribution in [0.3, 0.4) is 0 Å². The van der Waals surface area contributed by atoms with Crippen molar-refractivity contribution in [2.24, 2.45) is 5.41 Å². The van der Waals surface area contributed by atoms with Gasteiger partial charge in [0.25, 0.3) is 0 Å². The van der Waals surface area contributed by atoms with Crippen LogP contribution in [0.4, 0.5) is 0 Å². The Morgan fingerprint density at radius 1 is 1.09 bits per heavy atom. The van der Waals surface area contributed by atoms with Gasteiger partial charge in [0.15, 0.2) is 11.2 Å². The topological polar surface area (TPSA) is 83.3 Å². The fourth-order valence-corrected chi connectivity index (χ4v) is 4.77. The standard InChI is InChI=1S/C27H22BrN3O4/c1-2-34-26(33)27(17-35-23-11-7-6-10-21(23)25(27)32)24(18-8-4-3-5-9-18)22-16-31(30-29-22)20-14-12-19(28)13-15-20/h3-16,24H,2,17H2,1H3/t24-,27-/m0/s1. The molecule has 176 valence electrons. The number of hydrogen-bond donors (Lipinski definition) is 0. The Morgan fingerprint density at radius 3 is 2.54 bits per heavy atom. The van der Waals surface area contributed by atoms with E-state index in [1.165, 1.54) is 0 Å². The Morgan fingerprint density at radius 2 is 1.80 bits per heavy atom. The van der Waals surface area contributed by atoms with Crippen molar-refractivity contribution in [2.75, 3.05) is 13.2 Å². The Hall–Kier alpha value is -3.78. The van der Waals surface area contributed by atoms with Gasteiger partial charge in [0.1, 0.15) is 12.4 Å². The number of para-hydroxylation sites is 1. The summed E-state index contributed by atoms with van der Waals surface area (Å²) in [4.78, 5) is 27.8. The van der Waals surface area contributed by atoms with Crippen LogP contribution in [0.5, 0.6) is 5.75 Å². The summed E-state index contributed by atoms with van der Waals surface area (Å²) in [5.41, 5.74) is 0.656. The first-order valence-corrected chi connectivity index (χ1v) is 12.0. The van der Waals surface area contributed by atoms with E-state index in [0.29, 0.717) is 17.0 Å². The summed E-state index contributed by atoms with van der Waals surface area (Å²) in [6, 6.07) is 23.9. The highest BCUT2D eigenvalue weighted by Crippen LogP contribution is 2.48. The van der Waals surface area contributed by atoms with E-state index in [-0.39, 0.29) is 19.0 Å². The Bertz CT molecular complexity index is 1370. The Kier molecular flexibility index (Phi) is 6.21. The van der Waals surface area contributed by atoms with Crippen molar-refractivity contribution < 1.29 is 19.1 Å². The Labute approximate surface area is 210 Å². The molecule has 1 aromatic heterocycles. The number of nitrogens with zero attached hydrogens (tertiary/aromatic N) is 3. The van der Waals surface area contributed by atoms with Crippen molar-refractivity contribution in [3.8, 4) is 11.4 Å². The minimum atomic E-state index is -1.67. The molecule has 1 aliphatic heterocycles. The van der Waals surface area contributed by atoms with Crippen LogP contribution in [0.25, 0.3) is 5.69 Å². The zero-order valence-electron chi connectivity index (χ0n) is 18.9. The predicted octanol–water partition coefficient (Wildman–Crippen LogP) is 4.99. The summed E-state index contributed by atoms with van der Waals surface area (Å²) in [6.07, 6.45) is 1.75. The molecule has 0 fully saturated rings. The quantitative estimate of drug-likeness (QED) is 0.257. The number of hydrogen-bond acceptors (Lipinski definition) is 6. The fourth-order valence-electron chi connectivity index (χ4n) is 4.50. The highest BCUT2D eigenvalue weighted by atomic mass is 79.9. The molecule has 0 saturated carbocycles. The molecule has 4 aromatic rings. The van der Waals surface area contributed by atoms with Crippen LogP contribution in [-0.4, -0.2) is 40.0 Å². The number of rotatable bonds is 6. The van der Waals surface area contributed by atoms with Crippen molar-refractivity contribution in [1.82, 2.24) is 15.0 Å². The average Bonchev–Trinajstić information content (AvgIpc) is 3.36. The van der Waals surface area contributed by atoms with E-state index < -0.39 is 17.3 Å². The summed E-state index contributed by atoms with van der Waals surface area (Å²) in [5.74, 6) is -1.34. The van der Waals surface area contributed by atoms with Gasteiger partial charge in [0, 0.05) is 4.47 Å². The minimum absolute atomic E-state index is 0.128. The third-order valence-electron chi connectivity index (χ3n) is 6.16. The van der Waals surface area contributed by atoms with E-state index in [1.807, 2.05) is 54.6 Å². The van der Waals surface area contributed by atoms with Crippen molar-refractivity contribution in [3.05, 3.63) is 106 Å². The number of carbonyl (C=O) groups excluding carboxylic acids is 2. The van der Waals surface area contributed by atoms with Gasteiger partial charge in [-0.2, -0.15) is 0 Å². The van der Waals surface area contributed by atoms with E-state index in [2.05, 4.69) is 26.2 Å². The number of benzene rings is 3. The smallest absolute Gasteiger partial charge is 0.324 e. The molecule has 3 aromatic carbocycles. The lowest BCUT2D eigenvalue weighted by atomic mass is 9.65. The van der Waals surface area contributed by atoms with E-state index in [9.17, 15) is 9.59 Å². The zero-order chi connectivity index (χ0) is 24.4. The minimum Gasteiger partial charge on any atom is -0.491 e. The van der Waals surface area contributed by atoms with Crippen LogP contribution < -0.4 is 4.74 Å². The molecule has 0 radical (unpaired) electrons. The molecule has 7 nitrogen and oxygen atoms in total. The molecule has 0 unspecified atom stereocenters. The second-order valence-electron chi connectivity index (χ2n) is 8.21. The van der Waals surface area contributed by atoms with Crippen molar-refractivity contribution >= 4 is 27.7 Å². The van der Waals surface area contributed by atoms with Crippen molar-refractivity contribution in [1.29, 1.82) is 0 Å². The molecular formula is C27H22BrN3O4. The molecule has 2 heterocycles. The number of ether oxygens (including phenoxy) is 2. The Balaban J connectivity index is 1.70. The van der Waals surface area contributed by atoms with Gasteiger partial charge in [-0.3, -0.25) is 9.59 Å². The van der Waals surface area contributed by atoms with Gasteiger partial charge in [-0.1, -0.05) is 63.6 Å². The largest absolute Gasteiger partial charge is 0.491 e. The van der Waals surface area contributed by atoms with Crippen molar-refractivity contribution in [2.45, 2.75) is 12.8 Å². The maximum absolute atomic E-state index is 14.1. The third-order valence-corrected chi connectivity index (χ3v) is 6.68.